The van der Waals surface area contributed by atoms with Crippen molar-refractivity contribution >= 4 is 29.1 Å². The van der Waals surface area contributed by atoms with Crippen molar-refractivity contribution in [3.8, 4) is 0 Å². The van der Waals surface area contributed by atoms with Crippen molar-refractivity contribution in [2.45, 2.75) is 46.6 Å². The molecule has 0 amide bonds. The monoisotopic (exact) mass is 375 g/mol. The largest absolute Gasteiger partial charge is 0.367 e. The molecule has 0 aliphatic rings. The molecule has 5 nitrogen and oxygen atoms in total. The lowest BCUT2D eigenvalue weighted by Gasteiger charge is -2.20. The quantitative estimate of drug-likeness (QED) is 0.604. The van der Waals surface area contributed by atoms with E-state index in [2.05, 4.69) is 46.3 Å². The minimum atomic E-state index is 0.355. The van der Waals surface area contributed by atoms with E-state index in [1.54, 1.807) is 0 Å². The van der Waals surface area contributed by atoms with Crippen molar-refractivity contribution in [2.24, 2.45) is 0 Å². The fourth-order valence-electron chi connectivity index (χ4n) is 2.87. The summed E-state index contributed by atoms with van der Waals surface area (Å²) in [6.07, 6.45) is 2.28. The number of rotatable bonds is 10. The molecule has 6 heteroatoms. The van der Waals surface area contributed by atoms with Gasteiger partial charge < -0.3 is 15.5 Å². The molecule has 2 aromatic rings. The first kappa shape index (κ1) is 20.5. The Hall–Kier alpha value is -1.85. The van der Waals surface area contributed by atoms with Crippen LogP contribution in [0.4, 0.5) is 17.5 Å². The van der Waals surface area contributed by atoms with E-state index in [1.807, 2.05) is 37.3 Å². The van der Waals surface area contributed by atoms with Crippen LogP contribution in [0.5, 0.6) is 0 Å². The van der Waals surface area contributed by atoms with Crippen LogP contribution in [0.25, 0.3) is 0 Å². The summed E-state index contributed by atoms with van der Waals surface area (Å²) in [4.78, 5) is 11.5. The summed E-state index contributed by atoms with van der Waals surface area (Å²) in [5.74, 6) is 1.39. The maximum Gasteiger partial charge on any atom is 0.229 e. The van der Waals surface area contributed by atoms with Gasteiger partial charge in [0.25, 0.3) is 0 Å². The highest BCUT2D eigenvalue weighted by Gasteiger charge is 2.08. The standard InChI is InChI=1S/C20H30ClN5/c1-5-26(6-2)13-9-10-15(3)22-19-14-16(4)23-20(25-19)24-18-12-8-7-11-17(18)21/h7-8,11-12,14-15H,5-6,9-10,13H2,1-4H3,(H2,22,23,24,25). The average molecular weight is 376 g/mol. The Morgan fingerprint density at radius 2 is 1.88 bits per heavy atom. The summed E-state index contributed by atoms with van der Waals surface area (Å²) in [5.41, 5.74) is 1.71. The van der Waals surface area contributed by atoms with Gasteiger partial charge in [0, 0.05) is 17.8 Å². The van der Waals surface area contributed by atoms with Gasteiger partial charge in [0.05, 0.1) is 10.7 Å². The molecule has 2 N–H and O–H groups in total. The van der Waals surface area contributed by atoms with Crippen LogP contribution in [0.3, 0.4) is 0 Å². The molecule has 1 aromatic heterocycles. The van der Waals surface area contributed by atoms with Crippen molar-refractivity contribution < 1.29 is 0 Å². The van der Waals surface area contributed by atoms with Gasteiger partial charge >= 0.3 is 0 Å². The SMILES string of the molecule is CCN(CC)CCCC(C)Nc1cc(C)nc(Nc2ccccc2Cl)n1. The van der Waals surface area contributed by atoms with Gasteiger partial charge in [-0.15, -0.1) is 0 Å². The highest BCUT2D eigenvalue weighted by atomic mass is 35.5. The molecule has 1 heterocycles. The van der Waals surface area contributed by atoms with E-state index in [4.69, 9.17) is 11.6 Å². The smallest absolute Gasteiger partial charge is 0.229 e. The van der Waals surface area contributed by atoms with Gasteiger partial charge in [-0.2, -0.15) is 4.98 Å². The van der Waals surface area contributed by atoms with Gasteiger partial charge in [0.2, 0.25) is 5.95 Å². The summed E-state index contributed by atoms with van der Waals surface area (Å²) >= 11 is 6.21. The zero-order valence-corrected chi connectivity index (χ0v) is 17.0. The number of para-hydroxylation sites is 1. The fraction of sp³-hybridized carbons (Fsp3) is 0.500. The van der Waals surface area contributed by atoms with Gasteiger partial charge in [0.15, 0.2) is 0 Å². The van der Waals surface area contributed by atoms with Crippen molar-refractivity contribution in [3.63, 3.8) is 0 Å². The lowest BCUT2D eigenvalue weighted by molar-refractivity contribution is 0.295. The molecule has 0 fully saturated rings. The summed E-state index contributed by atoms with van der Waals surface area (Å²) in [6, 6.07) is 9.92. The van der Waals surface area contributed by atoms with Gasteiger partial charge in [-0.3, -0.25) is 0 Å². The molecule has 0 aliphatic heterocycles. The topological polar surface area (TPSA) is 53.1 Å². The Labute approximate surface area is 162 Å². The van der Waals surface area contributed by atoms with Crippen molar-refractivity contribution in [1.82, 2.24) is 14.9 Å². The van der Waals surface area contributed by atoms with E-state index in [0.29, 0.717) is 17.0 Å². The van der Waals surface area contributed by atoms with Crippen LogP contribution in [0.15, 0.2) is 30.3 Å². The third kappa shape index (κ3) is 6.46. The van der Waals surface area contributed by atoms with Crippen LogP contribution in [-0.4, -0.2) is 40.5 Å². The number of benzene rings is 1. The molecule has 0 aliphatic carbocycles. The Kier molecular flexibility index (Phi) is 8.13. The molecule has 1 unspecified atom stereocenters. The lowest BCUT2D eigenvalue weighted by Crippen LogP contribution is -2.25. The number of nitrogens with zero attached hydrogens (tertiary/aromatic N) is 3. The zero-order valence-electron chi connectivity index (χ0n) is 16.2. The third-order valence-corrected chi connectivity index (χ3v) is 4.70. The van der Waals surface area contributed by atoms with E-state index in [1.165, 1.54) is 6.42 Å². The number of aryl methyl sites for hydroxylation is 1. The molecule has 26 heavy (non-hydrogen) atoms. The Bertz CT molecular complexity index is 688. The molecular weight excluding hydrogens is 346 g/mol. The second-order valence-corrected chi connectivity index (χ2v) is 6.94. The van der Waals surface area contributed by atoms with Crippen LogP contribution in [0, 0.1) is 6.92 Å². The Balaban J connectivity index is 1.95. The van der Waals surface area contributed by atoms with E-state index in [0.717, 1.165) is 43.3 Å². The molecule has 0 saturated carbocycles. The molecule has 2 rings (SSSR count). The average Bonchev–Trinajstić information content (AvgIpc) is 2.60. The van der Waals surface area contributed by atoms with Gasteiger partial charge in [-0.05, 0) is 58.5 Å². The summed E-state index contributed by atoms with van der Waals surface area (Å²) in [6.45, 7) is 11.9. The number of halogens is 1. The Morgan fingerprint density at radius 3 is 2.58 bits per heavy atom. The van der Waals surface area contributed by atoms with Crippen LogP contribution in [0.1, 0.15) is 39.3 Å². The van der Waals surface area contributed by atoms with Gasteiger partial charge in [-0.1, -0.05) is 37.6 Å². The lowest BCUT2D eigenvalue weighted by atomic mass is 10.1. The van der Waals surface area contributed by atoms with Crippen molar-refractivity contribution in [2.75, 3.05) is 30.3 Å². The number of nitrogens with one attached hydrogen (secondary N) is 2. The van der Waals surface area contributed by atoms with E-state index >= 15 is 0 Å². The van der Waals surface area contributed by atoms with Crippen LogP contribution in [0.2, 0.25) is 5.02 Å². The predicted molar refractivity (Wildman–Crippen MR) is 112 cm³/mol. The number of hydrogen-bond acceptors (Lipinski definition) is 5. The first-order valence-electron chi connectivity index (χ1n) is 9.38. The summed E-state index contributed by atoms with van der Waals surface area (Å²) < 4.78 is 0. The second kappa shape index (κ2) is 10.3. The van der Waals surface area contributed by atoms with Crippen molar-refractivity contribution in [3.05, 3.63) is 41.0 Å². The molecule has 1 aromatic carbocycles. The maximum absolute atomic E-state index is 6.21. The van der Waals surface area contributed by atoms with Crippen LogP contribution in [-0.2, 0) is 0 Å². The molecule has 0 saturated heterocycles. The second-order valence-electron chi connectivity index (χ2n) is 6.54. The molecular formula is C20H30ClN5. The highest BCUT2D eigenvalue weighted by Crippen LogP contribution is 2.24. The highest BCUT2D eigenvalue weighted by molar-refractivity contribution is 6.33. The normalized spacial score (nSPS) is 12.2. The first-order chi connectivity index (χ1) is 12.5. The van der Waals surface area contributed by atoms with Gasteiger partial charge in [0.1, 0.15) is 5.82 Å². The van der Waals surface area contributed by atoms with E-state index in [9.17, 15) is 0 Å². The molecule has 0 spiro atoms. The molecule has 1 atom stereocenters. The van der Waals surface area contributed by atoms with Crippen molar-refractivity contribution in [1.29, 1.82) is 0 Å². The number of anilines is 3. The van der Waals surface area contributed by atoms with E-state index in [-0.39, 0.29) is 0 Å². The van der Waals surface area contributed by atoms with Crippen LogP contribution >= 0.6 is 11.6 Å². The predicted octanol–water partition coefficient (Wildman–Crippen LogP) is 5.10. The number of aromatic nitrogens is 2. The summed E-state index contributed by atoms with van der Waals surface area (Å²) in [5, 5.41) is 7.34. The Morgan fingerprint density at radius 1 is 1.15 bits per heavy atom. The molecule has 0 radical (unpaired) electrons. The van der Waals surface area contributed by atoms with Crippen LogP contribution < -0.4 is 10.6 Å². The molecule has 0 bridgehead atoms. The molecule has 142 valence electrons. The van der Waals surface area contributed by atoms with E-state index < -0.39 is 0 Å². The fourth-order valence-corrected chi connectivity index (χ4v) is 3.05. The van der Waals surface area contributed by atoms with Gasteiger partial charge in [-0.25, -0.2) is 4.98 Å². The zero-order chi connectivity index (χ0) is 18.9. The first-order valence-corrected chi connectivity index (χ1v) is 9.75. The number of hydrogen-bond donors (Lipinski definition) is 2. The maximum atomic E-state index is 6.21. The minimum Gasteiger partial charge on any atom is -0.367 e. The summed E-state index contributed by atoms with van der Waals surface area (Å²) in [7, 11) is 0. The minimum absolute atomic E-state index is 0.355. The third-order valence-electron chi connectivity index (χ3n) is 4.37.